The molecule has 0 saturated heterocycles. The van der Waals surface area contributed by atoms with E-state index in [0.717, 1.165) is 147 Å². The number of aromatic nitrogens is 16. The molecule has 0 fully saturated rings. The number of likely N-dealkylation sites (N-methyl/N-ethyl adjacent to an activating group) is 1. The number of hydrogen-bond acceptors (Lipinski definition) is 26. The molecule has 16 aromatic rings. The van der Waals surface area contributed by atoms with E-state index >= 15 is 0 Å². The van der Waals surface area contributed by atoms with Gasteiger partial charge in [-0.1, -0.05) is 166 Å². The van der Waals surface area contributed by atoms with Gasteiger partial charge < -0.3 is 48.0 Å². The van der Waals surface area contributed by atoms with Crippen molar-refractivity contribution >= 4 is 112 Å². The Morgan fingerprint density at radius 3 is 0.938 bits per heavy atom. The first-order chi connectivity index (χ1) is 62.1. The maximum Gasteiger partial charge on any atom is 0.189 e. The summed E-state index contributed by atoms with van der Waals surface area (Å²) in [5.41, 5.74) is 9.94. The zero-order chi connectivity index (χ0) is 93.3. The van der Waals surface area contributed by atoms with Gasteiger partial charge in [0.05, 0.1) is 113 Å². The summed E-state index contributed by atoms with van der Waals surface area (Å²) in [7, 11) is 16.7. The number of nitrogens with zero attached hydrogens (tertiary/aromatic N) is 20. The molecule has 1 atom stereocenters. The zero-order valence-corrected chi connectivity index (χ0v) is 83.3. The molecule has 0 aliphatic heterocycles. The van der Waals surface area contributed by atoms with Crippen molar-refractivity contribution in [3.8, 4) is 68.5 Å². The molecule has 684 valence electrons. The number of ether oxygens (including phenoxy) is 6. The molecule has 30 heteroatoms. The van der Waals surface area contributed by atoms with Crippen LogP contribution >= 0.6 is 45.3 Å². The number of para-hydroxylation sites is 4. The van der Waals surface area contributed by atoms with E-state index in [9.17, 15) is 0 Å². The Labute approximate surface area is 778 Å². The highest BCUT2D eigenvalue weighted by atomic mass is 32.1. The lowest BCUT2D eigenvalue weighted by Crippen LogP contribution is -2.26. The standard InChI is InChI=1S/C26H33N5O3S.2C26H33N5OS.C22H25N5OS/c1-26(2,3)23-20(17-18-11-12-22(35-18)30(4)13-14-34-16-15-32-5)25-28-27-24(31(25)29-23)19-9-7-8-10-21(19)33-6;1-8-17(2)16-30(6)22-14-13-18(33-22)15-20-23(26(3,4)5)29-31-24(27-28-25(20)31)19-11-9-10-12-21(19)32-7;1-8-30(16-17(2)3)22-14-13-18(33-22)15-20-23(26(4,5)6)29-31-24(27-28-25(20)31)19-11-9-10-12-21(19)32-7;1-22(2,3)19-16(13-14-11-12-18(29-14)26(4)5)21-24-23-20(27(21)25-19)15-9-7-8-10-17(15)28-6/h7-12,17H,13-16H2,1-6H3;2*9-15,17H,8,16H2,1-7H3;7-13H,1-6H3/b20-17-;2*20-15-;16-13-. The van der Waals surface area contributed by atoms with Crippen molar-refractivity contribution < 1.29 is 28.4 Å². The highest BCUT2D eigenvalue weighted by Crippen LogP contribution is 2.37. The third-order valence-corrected chi connectivity index (χ3v) is 26.5. The van der Waals surface area contributed by atoms with Crippen molar-refractivity contribution in [2.45, 2.75) is 146 Å². The number of anilines is 4. The van der Waals surface area contributed by atoms with Crippen LogP contribution in [0.3, 0.4) is 0 Å². The summed E-state index contributed by atoms with van der Waals surface area (Å²) in [6, 6.07) is 48.6. The summed E-state index contributed by atoms with van der Waals surface area (Å²) < 4.78 is 40.2. The van der Waals surface area contributed by atoms with E-state index < -0.39 is 0 Å². The van der Waals surface area contributed by atoms with Crippen molar-refractivity contribution in [1.82, 2.24) is 79.2 Å². The summed E-state index contributed by atoms with van der Waals surface area (Å²) in [5.74, 6) is 7.02. The lowest BCUT2D eigenvalue weighted by molar-refractivity contribution is 0.0744. The predicted molar refractivity (Wildman–Crippen MR) is 534 cm³/mol. The van der Waals surface area contributed by atoms with E-state index in [2.05, 4.69) is 279 Å². The van der Waals surface area contributed by atoms with Gasteiger partial charge in [-0.2, -0.15) is 38.5 Å². The second-order valence-corrected chi connectivity index (χ2v) is 41.3. The Kier molecular flexibility index (Phi) is 30.3. The molecule has 26 nitrogen and oxygen atoms in total. The highest BCUT2D eigenvalue weighted by molar-refractivity contribution is 7.18. The van der Waals surface area contributed by atoms with Crippen LogP contribution in [0, 0.1) is 11.8 Å². The van der Waals surface area contributed by atoms with Crippen molar-refractivity contribution in [1.29, 1.82) is 0 Å². The van der Waals surface area contributed by atoms with E-state index in [1.165, 1.54) is 36.2 Å². The predicted octanol–water partition coefficient (Wildman–Crippen LogP) is 18.0. The second-order valence-electron chi connectivity index (χ2n) is 36.9. The summed E-state index contributed by atoms with van der Waals surface area (Å²) in [5, 5.41) is 64.9. The van der Waals surface area contributed by atoms with E-state index in [1.54, 1.807) is 69.6 Å². The van der Waals surface area contributed by atoms with Crippen molar-refractivity contribution in [3.05, 3.63) is 209 Å². The zero-order valence-electron chi connectivity index (χ0n) is 80.0. The number of fused-ring (bicyclic) bond motifs is 4. The SMILES string of the molecule is CCC(C)CN(C)c1ccc(/C=c2/c(C(C)(C)C)nn3c(-c4ccccc4OC)nnc23)s1.CCN(CC(C)C)c1ccc(/C=c2/c(C(C)(C)C)nn3c(-c4ccccc4OC)nnc23)s1.COCCOCCN(C)c1ccc(/C=c2/c(C(C)(C)C)nn3c(-c4ccccc4OC)nnc23)s1.COc1ccccc1-c1nnc2/c(=C\c3ccc(N(C)C)s3)c(C(C)(C)C)nn12. The fourth-order valence-corrected chi connectivity index (χ4v) is 18.8. The number of methoxy groups -OCH3 is 5. The molecule has 0 aliphatic carbocycles. The average Bonchev–Trinajstić information content (AvgIpc) is 1.61. The molecular weight excluding hydrogens is 1710 g/mol. The van der Waals surface area contributed by atoms with Crippen LogP contribution < -0.4 is 59.4 Å². The summed E-state index contributed by atoms with van der Waals surface area (Å²) in [4.78, 5) is 13.8. The third-order valence-electron chi connectivity index (χ3n) is 21.9. The van der Waals surface area contributed by atoms with Gasteiger partial charge >= 0.3 is 0 Å². The van der Waals surface area contributed by atoms with Crippen LogP contribution in [0.1, 0.15) is 166 Å². The minimum absolute atomic E-state index is 0.133. The Balaban J connectivity index is 0.000000148. The van der Waals surface area contributed by atoms with Gasteiger partial charge in [0.15, 0.2) is 45.9 Å². The molecule has 0 radical (unpaired) electrons. The Morgan fingerprint density at radius 1 is 0.354 bits per heavy atom. The third kappa shape index (κ3) is 21.6. The van der Waals surface area contributed by atoms with Crippen LogP contribution in [0.5, 0.6) is 23.0 Å². The lowest BCUT2D eigenvalue weighted by atomic mass is 9.91. The maximum absolute atomic E-state index is 5.61. The van der Waals surface area contributed by atoms with Crippen molar-refractivity contribution in [2.75, 3.05) is 129 Å². The van der Waals surface area contributed by atoms with Gasteiger partial charge in [-0.25, -0.2) is 0 Å². The fourth-order valence-electron chi connectivity index (χ4n) is 15.1. The van der Waals surface area contributed by atoms with Gasteiger partial charge in [0.25, 0.3) is 0 Å². The fraction of sp³-hybridized carbons (Fsp3) is 0.400. The first kappa shape index (κ1) is 95.8. The average molecular weight is 1830 g/mol. The normalized spacial score (nSPS) is 12.9. The first-order valence-corrected chi connectivity index (χ1v) is 47.3. The van der Waals surface area contributed by atoms with E-state index in [0.29, 0.717) is 55.0 Å². The Bertz CT molecular complexity index is 6740. The molecule has 0 spiro atoms. The van der Waals surface area contributed by atoms with E-state index in [1.807, 2.05) is 126 Å². The Morgan fingerprint density at radius 2 is 0.654 bits per heavy atom. The molecule has 16 rings (SSSR count). The van der Waals surface area contributed by atoms with Gasteiger partial charge in [-0.3, -0.25) is 0 Å². The van der Waals surface area contributed by atoms with Gasteiger partial charge in [0.2, 0.25) is 0 Å². The van der Waals surface area contributed by atoms with E-state index in [4.69, 9.17) is 48.8 Å². The molecule has 4 aromatic carbocycles. The van der Waals surface area contributed by atoms with Crippen LogP contribution in [0.2, 0.25) is 0 Å². The highest BCUT2D eigenvalue weighted by Gasteiger charge is 2.31. The van der Waals surface area contributed by atoms with Crippen LogP contribution in [-0.2, 0) is 31.1 Å². The molecule has 0 N–H and O–H groups in total. The van der Waals surface area contributed by atoms with Crippen LogP contribution in [0.15, 0.2) is 146 Å². The quantitative estimate of drug-likeness (QED) is 0.0414. The van der Waals surface area contributed by atoms with Crippen LogP contribution in [0.4, 0.5) is 20.0 Å². The summed E-state index contributed by atoms with van der Waals surface area (Å²) in [6.45, 7) is 43.2. The smallest absolute Gasteiger partial charge is 0.189 e. The minimum atomic E-state index is -0.166. The van der Waals surface area contributed by atoms with Gasteiger partial charge in [-0.15, -0.1) is 86.1 Å². The molecule has 130 heavy (non-hydrogen) atoms. The first-order valence-electron chi connectivity index (χ1n) is 44.0. The number of benzene rings is 4. The number of rotatable bonds is 28. The largest absolute Gasteiger partial charge is 0.496 e. The van der Waals surface area contributed by atoms with Crippen molar-refractivity contribution in [2.24, 2.45) is 11.8 Å². The molecule has 0 saturated carbocycles. The topological polar surface area (TPSA) is 241 Å². The maximum atomic E-state index is 5.61. The molecule has 1 unspecified atom stereocenters. The molecule has 0 aliphatic rings. The van der Waals surface area contributed by atoms with Gasteiger partial charge in [0, 0.05) is 124 Å². The molecule has 12 heterocycles. The van der Waals surface area contributed by atoms with Gasteiger partial charge in [0.1, 0.15) is 23.0 Å². The number of thiophene rings is 4. The molecule has 12 aromatic heterocycles. The Hall–Kier alpha value is -11.8. The second kappa shape index (κ2) is 41.1. The lowest BCUT2D eigenvalue weighted by Gasteiger charge is -2.23. The van der Waals surface area contributed by atoms with Crippen LogP contribution in [0.25, 0.3) is 92.4 Å². The van der Waals surface area contributed by atoms with Gasteiger partial charge in [-0.05, 0) is 140 Å². The molecule has 0 bridgehead atoms. The van der Waals surface area contributed by atoms with E-state index in [-0.39, 0.29) is 21.7 Å². The van der Waals surface area contributed by atoms with Crippen LogP contribution in [-0.4, -0.2) is 189 Å². The summed E-state index contributed by atoms with van der Waals surface area (Å²) >= 11 is 7.07. The molecular formula is C100H124N20O6S4. The molecule has 0 amide bonds. The number of hydrogen-bond donors (Lipinski definition) is 0. The van der Waals surface area contributed by atoms with Crippen molar-refractivity contribution in [3.63, 3.8) is 0 Å². The minimum Gasteiger partial charge on any atom is -0.496 e. The summed E-state index contributed by atoms with van der Waals surface area (Å²) in [6.07, 6.45) is 9.93. The monoisotopic (exact) mass is 1830 g/mol.